The van der Waals surface area contributed by atoms with E-state index in [2.05, 4.69) is 15.2 Å². The molecule has 0 aliphatic rings. The zero-order chi connectivity index (χ0) is 16.9. The normalized spacial score (nSPS) is 11.4. The van der Waals surface area contributed by atoms with Crippen LogP contribution in [0.1, 0.15) is 6.42 Å². The molecule has 3 rings (SSSR count). The van der Waals surface area contributed by atoms with Gasteiger partial charge in [-0.05, 0) is 30.3 Å². The topological polar surface area (TPSA) is 77.8 Å². The maximum Gasteiger partial charge on any atom is 0.265 e. The van der Waals surface area contributed by atoms with Crippen molar-refractivity contribution in [1.29, 1.82) is 0 Å². The van der Waals surface area contributed by atoms with Gasteiger partial charge in [-0.3, -0.25) is 4.79 Å². The molecule has 0 saturated heterocycles. The van der Waals surface area contributed by atoms with Gasteiger partial charge < -0.3 is 10.1 Å². The number of carbonyl (C=O) groups excluding carboxylic acids is 1. The summed E-state index contributed by atoms with van der Waals surface area (Å²) in [6.45, 7) is 0. The van der Waals surface area contributed by atoms with Crippen LogP contribution in [0.5, 0.6) is 5.88 Å². The summed E-state index contributed by atoms with van der Waals surface area (Å²) in [6.07, 6.45) is 0.264. The maximum atomic E-state index is 11.8. The Hall–Kier alpha value is -2.31. The monoisotopic (exact) mass is 359 g/mol. The second kappa shape index (κ2) is 7.51. The van der Waals surface area contributed by atoms with Gasteiger partial charge in [0.05, 0.1) is 5.52 Å². The fraction of sp³-hybridized carbons (Fsp3) is 0.118. The molecule has 0 bridgehead atoms. The van der Waals surface area contributed by atoms with Crippen LogP contribution in [0.25, 0.3) is 10.9 Å². The highest BCUT2D eigenvalue weighted by Crippen LogP contribution is 2.35. The number of halogens is 1. The maximum absolute atomic E-state index is 11.8. The molecule has 1 heterocycles. The second-order valence-corrected chi connectivity index (χ2v) is 6.62. The van der Waals surface area contributed by atoms with Gasteiger partial charge >= 0.3 is 0 Å². The number of aromatic amines is 1. The van der Waals surface area contributed by atoms with Crippen LogP contribution < -0.4 is 0 Å². The minimum atomic E-state index is -0.332. The number of nitrogens with one attached hydrogen (secondary N) is 1. The lowest BCUT2D eigenvalue weighted by atomic mass is 10.2. The molecule has 5 nitrogen and oxygen atoms in total. The van der Waals surface area contributed by atoms with E-state index >= 15 is 0 Å². The van der Waals surface area contributed by atoms with Crippen molar-refractivity contribution in [3.8, 4) is 5.88 Å². The van der Waals surface area contributed by atoms with Crippen LogP contribution in [0.15, 0.2) is 63.7 Å². The lowest BCUT2D eigenvalue weighted by molar-refractivity contribution is -0.117. The molecule has 0 fully saturated rings. The Balaban J connectivity index is 1.58. The Bertz CT molecular complexity index is 890. The zero-order valence-corrected chi connectivity index (χ0v) is 14.1. The van der Waals surface area contributed by atoms with Crippen molar-refractivity contribution in [2.75, 3.05) is 5.75 Å². The first kappa shape index (κ1) is 16.5. The molecule has 7 heteroatoms. The Morgan fingerprint density at radius 3 is 2.71 bits per heavy atom. The third-order valence-corrected chi connectivity index (χ3v) is 4.59. The molecule has 0 aliphatic carbocycles. The summed E-state index contributed by atoms with van der Waals surface area (Å²) < 4.78 is 0. The SMILES string of the molecule is O=C(CCSc1ccc(Cl)cc1)N=Nc1c(O)[nH]c2ccccc12. The van der Waals surface area contributed by atoms with Crippen molar-refractivity contribution < 1.29 is 9.90 Å². The third kappa shape index (κ3) is 3.96. The van der Waals surface area contributed by atoms with E-state index in [4.69, 9.17) is 11.6 Å². The summed E-state index contributed by atoms with van der Waals surface area (Å²) in [4.78, 5) is 15.7. The number of benzene rings is 2. The minimum Gasteiger partial charge on any atom is -0.493 e. The number of hydrogen-bond acceptors (Lipinski definition) is 4. The smallest absolute Gasteiger partial charge is 0.265 e. The zero-order valence-electron chi connectivity index (χ0n) is 12.6. The number of amides is 1. The summed E-state index contributed by atoms with van der Waals surface area (Å²) in [7, 11) is 0. The number of thioether (sulfide) groups is 1. The number of hydrogen-bond donors (Lipinski definition) is 2. The van der Waals surface area contributed by atoms with E-state index in [1.807, 2.05) is 42.5 Å². The molecule has 0 radical (unpaired) electrons. The number of rotatable bonds is 5. The number of aromatic nitrogens is 1. The summed E-state index contributed by atoms with van der Waals surface area (Å²) in [6, 6.07) is 14.7. The highest BCUT2D eigenvalue weighted by molar-refractivity contribution is 7.99. The van der Waals surface area contributed by atoms with Crippen molar-refractivity contribution in [3.05, 3.63) is 53.6 Å². The van der Waals surface area contributed by atoms with Gasteiger partial charge in [0.2, 0.25) is 5.88 Å². The van der Waals surface area contributed by atoms with Crippen LogP contribution in [0, 0.1) is 0 Å². The first-order valence-electron chi connectivity index (χ1n) is 7.26. The van der Waals surface area contributed by atoms with Crippen LogP contribution in [0.2, 0.25) is 5.02 Å². The average Bonchev–Trinajstić information content (AvgIpc) is 2.90. The molecule has 1 aromatic heterocycles. The van der Waals surface area contributed by atoms with E-state index in [9.17, 15) is 9.90 Å². The van der Waals surface area contributed by atoms with Crippen LogP contribution >= 0.6 is 23.4 Å². The lowest BCUT2D eigenvalue weighted by Crippen LogP contribution is -1.93. The van der Waals surface area contributed by atoms with Gasteiger partial charge in [0.25, 0.3) is 5.91 Å². The Morgan fingerprint density at radius 1 is 1.17 bits per heavy atom. The first-order chi connectivity index (χ1) is 11.6. The number of para-hydroxylation sites is 1. The number of aromatic hydroxyl groups is 1. The average molecular weight is 360 g/mol. The highest BCUT2D eigenvalue weighted by Gasteiger charge is 2.10. The quantitative estimate of drug-likeness (QED) is 0.478. The number of nitrogens with zero attached hydrogens (tertiary/aromatic N) is 2. The fourth-order valence-corrected chi connectivity index (χ4v) is 3.12. The van der Waals surface area contributed by atoms with E-state index in [-0.39, 0.29) is 23.9 Å². The molecule has 0 saturated carbocycles. The van der Waals surface area contributed by atoms with E-state index in [1.54, 1.807) is 17.8 Å². The predicted molar refractivity (Wildman–Crippen MR) is 96.3 cm³/mol. The number of H-pyrrole nitrogens is 1. The van der Waals surface area contributed by atoms with Gasteiger partial charge in [0.15, 0.2) is 5.69 Å². The molecule has 0 spiro atoms. The Morgan fingerprint density at radius 2 is 1.92 bits per heavy atom. The molecule has 24 heavy (non-hydrogen) atoms. The largest absolute Gasteiger partial charge is 0.493 e. The number of carbonyl (C=O) groups is 1. The van der Waals surface area contributed by atoms with Crippen LogP contribution in [-0.2, 0) is 4.79 Å². The second-order valence-electron chi connectivity index (χ2n) is 5.01. The van der Waals surface area contributed by atoms with Gasteiger partial charge in [-0.2, -0.15) is 0 Å². The molecule has 1 amide bonds. The van der Waals surface area contributed by atoms with Gasteiger partial charge in [-0.15, -0.1) is 22.0 Å². The van der Waals surface area contributed by atoms with E-state index in [0.29, 0.717) is 10.8 Å². The van der Waals surface area contributed by atoms with Crippen LogP contribution in [0.3, 0.4) is 0 Å². The molecule has 0 aliphatic heterocycles. The molecule has 3 aromatic rings. The molecular weight excluding hydrogens is 346 g/mol. The standard InChI is InChI=1S/C17H14ClN3O2S/c18-11-5-7-12(8-6-11)24-10-9-15(22)20-21-16-13-3-1-2-4-14(13)19-17(16)23/h1-8,19,23H,9-10H2. The van der Waals surface area contributed by atoms with Crippen molar-refractivity contribution in [1.82, 2.24) is 4.98 Å². The highest BCUT2D eigenvalue weighted by atomic mass is 35.5. The summed E-state index contributed by atoms with van der Waals surface area (Å²) in [5.74, 6) is 0.170. The molecule has 2 aromatic carbocycles. The van der Waals surface area contributed by atoms with Crippen LogP contribution in [0.4, 0.5) is 5.69 Å². The summed E-state index contributed by atoms with van der Waals surface area (Å²) in [5, 5.41) is 18.9. The van der Waals surface area contributed by atoms with E-state index in [1.165, 1.54) is 0 Å². The van der Waals surface area contributed by atoms with Gasteiger partial charge in [0, 0.05) is 27.5 Å². The van der Waals surface area contributed by atoms with E-state index in [0.717, 1.165) is 15.8 Å². The fourth-order valence-electron chi connectivity index (χ4n) is 2.16. The van der Waals surface area contributed by atoms with Crippen molar-refractivity contribution in [2.45, 2.75) is 11.3 Å². The molecule has 2 N–H and O–H groups in total. The molecule has 0 atom stereocenters. The first-order valence-corrected chi connectivity index (χ1v) is 8.62. The molecule has 122 valence electrons. The molecular formula is C17H14ClN3O2S. The van der Waals surface area contributed by atoms with Gasteiger partial charge in [-0.1, -0.05) is 29.8 Å². The molecule has 0 unspecified atom stereocenters. The lowest BCUT2D eigenvalue weighted by Gasteiger charge is -1.99. The minimum absolute atomic E-state index is 0.0942. The van der Waals surface area contributed by atoms with Crippen molar-refractivity contribution in [2.24, 2.45) is 10.2 Å². The van der Waals surface area contributed by atoms with Crippen molar-refractivity contribution in [3.63, 3.8) is 0 Å². The van der Waals surface area contributed by atoms with Crippen LogP contribution in [-0.4, -0.2) is 21.8 Å². The Labute approximate surface area is 147 Å². The summed E-state index contributed by atoms with van der Waals surface area (Å²) >= 11 is 7.38. The van der Waals surface area contributed by atoms with Gasteiger partial charge in [0.1, 0.15) is 0 Å². The summed E-state index contributed by atoms with van der Waals surface area (Å²) in [5.41, 5.74) is 1.03. The van der Waals surface area contributed by atoms with Gasteiger partial charge in [-0.25, -0.2) is 0 Å². The van der Waals surface area contributed by atoms with Crippen molar-refractivity contribution >= 4 is 45.9 Å². The third-order valence-electron chi connectivity index (χ3n) is 3.32. The predicted octanol–water partition coefficient (Wildman–Crippen LogP) is 5.32. The Kier molecular flexibility index (Phi) is 5.17. The number of fused-ring (bicyclic) bond motifs is 1. The van der Waals surface area contributed by atoms with E-state index < -0.39 is 0 Å². The number of azo groups is 1.